The number of hydrogen-bond acceptors (Lipinski definition) is 3. The van der Waals surface area contributed by atoms with Crippen LogP contribution in [-0.2, 0) is 15.5 Å². The Morgan fingerprint density at radius 2 is 1.74 bits per heavy atom. The number of rotatable bonds is 9. The van der Waals surface area contributed by atoms with Crippen molar-refractivity contribution in [2.24, 2.45) is 0 Å². The zero-order valence-corrected chi connectivity index (χ0v) is 21.6. The van der Waals surface area contributed by atoms with Gasteiger partial charge in [0.25, 0.3) is 5.91 Å². The molecule has 3 aromatic rings. The van der Waals surface area contributed by atoms with Crippen molar-refractivity contribution in [1.82, 2.24) is 0 Å². The Balaban J connectivity index is 1.44. The molecule has 6 heteroatoms. The lowest BCUT2D eigenvalue weighted by atomic mass is 10.0. The van der Waals surface area contributed by atoms with Crippen molar-refractivity contribution < 1.29 is 14.1 Å². The predicted molar refractivity (Wildman–Crippen MR) is 146 cm³/mol. The molecule has 1 amide bonds. The highest BCUT2D eigenvalue weighted by Gasteiger charge is 2.18. The van der Waals surface area contributed by atoms with E-state index in [9.17, 15) is 9.36 Å². The van der Waals surface area contributed by atoms with Crippen LogP contribution in [0.2, 0.25) is 5.02 Å². The first kappa shape index (κ1) is 25.2. The monoisotopic (exact) mass is 506 g/mol. The summed E-state index contributed by atoms with van der Waals surface area (Å²) in [4.78, 5) is 13.0. The van der Waals surface area contributed by atoms with Crippen LogP contribution in [0, 0.1) is 0 Å². The minimum absolute atomic E-state index is 0.142. The molecule has 1 unspecified atom stereocenters. The maximum absolute atomic E-state index is 13.0. The number of carbonyl (C=O) groups excluding carboxylic acids is 1. The first-order valence-electron chi connectivity index (χ1n) is 12.1. The van der Waals surface area contributed by atoms with Gasteiger partial charge in [0, 0.05) is 28.3 Å². The lowest BCUT2D eigenvalue weighted by molar-refractivity contribution is -0.113. The van der Waals surface area contributed by atoms with Crippen molar-refractivity contribution in [3.63, 3.8) is 0 Å². The van der Waals surface area contributed by atoms with Gasteiger partial charge in [-0.2, -0.15) is 0 Å². The van der Waals surface area contributed by atoms with Crippen molar-refractivity contribution in [3.05, 3.63) is 88.5 Å². The summed E-state index contributed by atoms with van der Waals surface area (Å²) in [5, 5.41) is 3.69. The van der Waals surface area contributed by atoms with E-state index in [4.69, 9.17) is 16.3 Å². The van der Waals surface area contributed by atoms with Crippen molar-refractivity contribution in [2.75, 3.05) is 18.1 Å². The molecule has 0 aliphatic carbocycles. The fraction of sp³-hybridized carbons (Fsp3) is 0.276. The topological polar surface area (TPSA) is 55.4 Å². The quantitative estimate of drug-likeness (QED) is 0.234. The number of nitrogens with one attached hydrogen (secondary N) is 1. The second-order valence-electron chi connectivity index (χ2n) is 8.75. The van der Waals surface area contributed by atoms with E-state index in [0.29, 0.717) is 29.8 Å². The van der Waals surface area contributed by atoms with Gasteiger partial charge in [-0.1, -0.05) is 59.8 Å². The van der Waals surface area contributed by atoms with Gasteiger partial charge in [0.15, 0.2) is 6.16 Å². The highest BCUT2D eigenvalue weighted by Crippen LogP contribution is 2.32. The van der Waals surface area contributed by atoms with E-state index in [2.05, 4.69) is 12.2 Å². The molecule has 1 aliphatic heterocycles. The molecular weight excluding hydrogens is 477 g/mol. The molecule has 0 saturated carbocycles. The van der Waals surface area contributed by atoms with Gasteiger partial charge in [-0.05, 0) is 72.0 Å². The Labute approximate surface area is 213 Å². The molecule has 0 fully saturated rings. The van der Waals surface area contributed by atoms with Crippen LogP contribution in [0.5, 0.6) is 5.75 Å². The Bertz CT molecular complexity index is 1220. The summed E-state index contributed by atoms with van der Waals surface area (Å²) in [6.07, 6.45) is 7.07. The highest BCUT2D eigenvalue weighted by molar-refractivity contribution is 7.43. The van der Waals surface area contributed by atoms with E-state index < -0.39 is 7.80 Å². The molecule has 0 bridgehead atoms. The van der Waals surface area contributed by atoms with Crippen LogP contribution in [0.3, 0.4) is 0 Å². The summed E-state index contributed by atoms with van der Waals surface area (Å²) in [6, 6.07) is 21.3. The number of halogens is 1. The fourth-order valence-electron chi connectivity index (χ4n) is 4.05. The van der Waals surface area contributed by atoms with Gasteiger partial charge < -0.3 is 10.1 Å². The molecule has 1 N–H and O–H groups in total. The van der Waals surface area contributed by atoms with Crippen LogP contribution >= 0.6 is 19.4 Å². The summed E-state index contributed by atoms with van der Waals surface area (Å²) in [6.45, 7) is 2.59. The molecule has 35 heavy (non-hydrogen) atoms. The predicted octanol–water partition coefficient (Wildman–Crippen LogP) is 8.33. The van der Waals surface area contributed by atoms with Gasteiger partial charge in [0.1, 0.15) is 11.9 Å². The van der Waals surface area contributed by atoms with Crippen molar-refractivity contribution in [2.45, 2.75) is 38.8 Å². The second-order valence-corrected chi connectivity index (χ2v) is 10.9. The standard InChI is InChI=1S/C29H29ClNO3P/c1-2-3-4-17-35(33)20-21-5-12-27(13-6-21)31-29(32)24-15-16-34-28-14-9-23(18-25(28)19-24)22-7-10-26(30)11-8-22/h5-14,18-19H,2-4,15-17,20H2,1H3/p+1. The van der Waals surface area contributed by atoms with Crippen LogP contribution in [0.25, 0.3) is 17.2 Å². The SMILES string of the molecule is CCCCC[P+](=O)Cc1ccc(NC(=O)C2=Cc3cc(-c4ccc(Cl)cc4)ccc3OCC2)cc1. The average molecular weight is 507 g/mol. The van der Waals surface area contributed by atoms with Gasteiger partial charge in [-0.3, -0.25) is 4.79 Å². The zero-order chi connectivity index (χ0) is 24.6. The molecule has 3 aromatic carbocycles. The third-order valence-corrected chi connectivity index (χ3v) is 7.80. The summed E-state index contributed by atoms with van der Waals surface area (Å²) < 4.78 is 18.2. The molecule has 1 heterocycles. The first-order valence-corrected chi connectivity index (χ1v) is 14.1. The molecule has 4 nitrogen and oxygen atoms in total. The largest absolute Gasteiger partial charge is 0.493 e. The van der Waals surface area contributed by atoms with E-state index in [1.807, 2.05) is 72.8 Å². The Hall–Kier alpha value is -2.94. The summed E-state index contributed by atoms with van der Waals surface area (Å²) >= 11 is 6.02. The number of fused-ring (bicyclic) bond motifs is 1. The van der Waals surface area contributed by atoms with Crippen LogP contribution in [0.4, 0.5) is 5.69 Å². The third-order valence-electron chi connectivity index (χ3n) is 6.02. The van der Waals surface area contributed by atoms with Crippen molar-refractivity contribution >= 4 is 37.1 Å². The van der Waals surface area contributed by atoms with Crippen molar-refractivity contribution in [1.29, 1.82) is 0 Å². The Kier molecular flexibility index (Phi) is 8.74. The van der Waals surface area contributed by atoms with E-state index in [1.165, 1.54) is 0 Å². The van der Waals surface area contributed by atoms with Gasteiger partial charge in [-0.15, -0.1) is 0 Å². The van der Waals surface area contributed by atoms with Crippen LogP contribution in [-0.4, -0.2) is 18.7 Å². The first-order chi connectivity index (χ1) is 17.0. The van der Waals surface area contributed by atoms with E-state index in [0.717, 1.165) is 59.1 Å². The minimum atomic E-state index is -1.22. The fourth-order valence-corrected chi connectivity index (χ4v) is 5.53. The summed E-state index contributed by atoms with van der Waals surface area (Å²) in [7, 11) is -1.22. The molecule has 0 spiro atoms. The molecule has 0 saturated heterocycles. The maximum atomic E-state index is 13.0. The normalized spacial score (nSPS) is 13.2. The average Bonchev–Trinajstić information content (AvgIpc) is 3.08. The molecule has 180 valence electrons. The maximum Gasteiger partial charge on any atom is 0.343 e. The Morgan fingerprint density at radius 1 is 1.00 bits per heavy atom. The van der Waals surface area contributed by atoms with Crippen LogP contribution in [0.15, 0.2) is 72.3 Å². The van der Waals surface area contributed by atoms with Gasteiger partial charge in [-0.25, -0.2) is 0 Å². The molecular formula is C29H30ClNO3P+. The summed E-state index contributed by atoms with van der Waals surface area (Å²) in [5.74, 6) is 0.625. The lowest BCUT2D eigenvalue weighted by Gasteiger charge is -2.08. The van der Waals surface area contributed by atoms with Gasteiger partial charge in [0.05, 0.1) is 6.61 Å². The lowest BCUT2D eigenvalue weighted by Crippen LogP contribution is -2.15. The number of benzene rings is 3. The van der Waals surface area contributed by atoms with Gasteiger partial charge >= 0.3 is 7.80 Å². The number of anilines is 1. The number of ether oxygens (including phenoxy) is 1. The molecule has 4 rings (SSSR count). The number of amides is 1. The minimum Gasteiger partial charge on any atom is -0.493 e. The second kappa shape index (κ2) is 12.2. The van der Waals surface area contributed by atoms with Crippen LogP contribution < -0.4 is 10.1 Å². The smallest absolute Gasteiger partial charge is 0.343 e. The molecule has 1 atom stereocenters. The van der Waals surface area contributed by atoms with E-state index in [-0.39, 0.29) is 5.91 Å². The highest BCUT2D eigenvalue weighted by atomic mass is 35.5. The number of hydrogen-bond donors (Lipinski definition) is 1. The van der Waals surface area contributed by atoms with E-state index >= 15 is 0 Å². The molecule has 1 aliphatic rings. The van der Waals surface area contributed by atoms with Gasteiger partial charge in [0.2, 0.25) is 0 Å². The molecule has 0 aromatic heterocycles. The zero-order valence-electron chi connectivity index (χ0n) is 19.9. The molecule has 0 radical (unpaired) electrons. The summed E-state index contributed by atoms with van der Waals surface area (Å²) in [5.41, 5.74) is 5.38. The van der Waals surface area contributed by atoms with E-state index in [1.54, 1.807) is 0 Å². The Morgan fingerprint density at radius 3 is 2.49 bits per heavy atom. The number of carbonyl (C=O) groups is 1. The van der Waals surface area contributed by atoms with Crippen LogP contribution in [0.1, 0.15) is 43.7 Å². The number of unbranched alkanes of at least 4 members (excludes halogenated alkanes) is 2. The third kappa shape index (κ3) is 7.04. The van der Waals surface area contributed by atoms with Crippen molar-refractivity contribution in [3.8, 4) is 16.9 Å².